The predicted molar refractivity (Wildman–Crippen MR) is 255 cm³/mol. The summed E-state index contributed by atoms with van der Waals surface area (Å²) in [5, 5.41) is 23.1. The lowest BCUT2D eigenvalue weighted by atomic mass is 10.0. The van der Waals surface area contributed by atoms with E-state index in [1.165, 1.54) is 205 Å². The van der Waals surface area contributed by atoms with E-state index in [1.807, 2.05) is 0 Å². The van der Waals surface area contributed by atoms with Crippen LogP contribution in [0, 0.1) is 0 Å². The van der Waals surface area contributed by atoms with Crippen molar-refractivity contribution >= 4 is 11.9 Å². The molecule has 0 aliphatic rings. The quantitative estimate of drug-likeness (QED) is 0.0322. The second-order valence-corrected chi connectivity index (χ2v) is 18.2. The van der Waals surface area contributed by atoms with Crippen LogP contribution in [-0.2, 0) is 14.3 Å². The van der Waals surface area contributed by atoms with Gasteiger partial charge >= 0.3 is 5.97 Å². The van der Waals surface area contributed by atoms with E-state index in [2.05, 4.69) is 31.3 Å². The van der Waals surface area contributed by atoms with Crippen LogP contribution < -0.4 is 5.32 Å². The Morgan fingerprint density at radius 2 is 0.797 bits per heavy atom. The summed E-state index contributed by atoms with van der Waals surface area (Å²) >= 11 is 0. The lowest BCUT2D eigenvalue weighted by molar-refractivity contribution is -0.143. The third kappa shape index (κ3) is 45.9. The minimum Gasteiger partial charge on any atom is -0.466 e. The Morgan fingerprint density at radius 3 is 1.20 bits per heavy atom. The van der Waals surface area contributed by atoms with Crippen LogP contribution in [0.4, 0.5) is 0 Å². The van der Waals surface area contributed by atoms with E-state index in [0.717, 1.165) is 51.4 Å². The Balaban J connectivity index is 3.41. The third-order valence-corrected chi connectivity index (χ3v) is 12.3. The molecule has 6 heteroatoms. The van der Waals surface area contributed by atoms with Crippen LogP contribution in [0.1, 0.15) is 290 Å². The van der Waals surface area contributed by atoms with Gasteiger partial charge in [-0.15, -0.1) is 0 Å². The van der Waals surface area contributed by atoms with Crippen LogP contribution in [0.2, 0.25) is 0 Å². The number of unbranched alkanes of at least 4 members (excludes halogenated alkanes) is 36. The second kappa shape index (κ2) is 49.3. The van der Waals surface area contributed by atoms with E-state index in [4.69, 9.17) is 4.74 Å². The molecule has 0 radical (unpaired) electrons. The molecule has 0 saturated carbocycles. The maximum absolute atomic E-state index is 12.4. The number of nitrogens with one attached hydrogen (secondary N) is 1. The zero-order chi connectivity index (χ0) is 43.0. The van der Waals surface area contributed by atoms with Crippen molar-refractivity contribution in [3.8, 4) is 0 Å². The van der Waals surface area contributed by atoms with Crippen molar-refractivity contribution in [2.45, 2.75) is 302 Å². The summed E-state index contributed by atoms with van der Waals surface area (Å²) in [6.07, 6.45) is 56.2. The van der Waals surface area contributed by atoms with E-state index >= 15 is 0 Å². The van der Waals surface area contributed by atoms with E-state index in [9.17, 15) is 19.8 Å². The highest BCUT2D eigenvalue weighted by molar-refractivity contribution is 5.76. The molecule has 1 amide bonds. The summed E-state index contributed by atoms with van der Waals surface area (Å²) < 4.78 is 5.47. The number of ether oxygens (including phenoxy) is 1. The number of aliphatic hydroxyl groups is 2. The molecule has 350 valence electrons. The number of esters is 1. The molecule has 0 saturated heterocycles. The number of carbonyl (C=O) groups is 2. The smallest absolute Gasteiger partial charge is 0.305 e. The van der Waals surface area contributed by atoms with Gasteiger partial charge in [0.15, 0.2) is 0 Å². The van der Waals surface area contributed by atoms with Gasteiger partial charge in [-0.3, -0.25) is 9.59 Å². The maximum atomic E-state index is 12.4. The summed E-state index contributed by atoms with van der Waals surface area (Å²) in [6.45, 7) is 4.92. The Labute approximate surface area is 368 Å². The second-order valence-electron chi connectivity index (χ2n) is 18.2. The van der Waals surface area contributed by atoms with Crippen LogP contribution >= 0.6 is 0 Å². The highest BCUT2D eigenvalue weighted by Crippen LogP contribution is 2.16. The van der Waals surface area contributed by atoms with Crippen molar-refractivity contribution in [2.24, 2.45) is 0 Å². The molecule has 0 bridgehead atoms. The molecule has 59 heavy (non-hydrogen) atoms. The molecule has 0 rings (SSSR count). The lowest BCUT2D eigenvalue weighted by Gasteiger charge is -2.22. The van der Waals surface area contributed by atoms with Gasteiger partial charge in [-0.2, -0.15) is 0 Å². The number of aliphatic hydroxyl groups excluding tert-OH is 2. The summed E-state index contributed by atoms with van der Waals surface area (Å²) in [6, 6.07) is -0.547. The summed E-state index contributed by atoms with van der Waals surface area (Å²) in [7, 11) is 0. The number of amides is 1. The van der Waals surface area contributed by atoms with Crippen molar-refractivity contribution in [3.05, 3.63) is 12.2 Å². The first-order valence-corrected chi connectivity index (χ1v) is 26.4. The SMILES string of the molecule is CCCCCCCCCCCCCCCCCCC(=O)OCCCCCCCC/C=C\CCCCCCCCCC(=O)NC(CO)C(O)CCCCCCCCCCC. The topological polar surface area (TPSA) is 95.9 Å². The van der Waals surface area contributed by atoms with Crippen molar-refractivity contribution < 1.29 is 24.5 Å². The van der Waals surface area contributed by atoms with Crippen molar-refractivity contribution in [3.63, 3.8) is 0 Å². The van der Waals surface area contributed by atoms with Crippen LogP contribution in [0.25, 0.3) is 0 Å². The first-order valence-electron chi connectivity index (χ1n) is 26.4. The normalized spacial score (nSPS) is 12.7. The fraction of sp³-hybridized carbons (Fsp3) is 0.925. The fourth-order valence-electron chi connectivity index (χ4n) is 8.22. The van der Waals surface area contributed by atoms with Crippen LogP contribution in [-0.4, -0.2) is 47.4 Å². The van der Waals surface area contributed by atoms with E-state index in [1.54, 1.807) is 0 Å². The molecule has 0 aliphatic heterocycles. The minimum atomic E-state index is -0.669. The molecule has 0 aromatic carbocycles. The van der Waals surface area contributed by atoms with E-state index < -0.39 is 12.1 Å². The van der Waals surface area contributed by atoms with Gasteiger partial charge in [-0.1, -0.05) is 238 Å². The van der Waals surface area contributed by atoms with Gasteiger partial charge < -0.3 is 20.3 Å². The molecule has 0 aromatic rings. The van der Waals surface area contributed by atoms with Gasteiger partial charge in [0, 0.05) is 12.8 Å². The largest absolute Gasteiger partial charge is 0.466 e. The zero-order valence-electron chi connectivity index (χ0n) is 39.7. The van der Waals surface area contributed by atoms with Gasteiger partial charge in [0.2, 0.25) is 5.91 Å². The van der Waals surface area contributed by atoms with Crippen molar-refractivity contribution in [1.29, 1.82) is 0 Å². The zero-order valence-corrected chi connectivity index (χ0v) is 39.7. The Morgan fingerprint density at radius 1 is 0.458 bits per heavy atom. The van der Waals surface area contributed by atoms with Crippen molar-refractivity contribution in [2.75, 3.05) is 13.2 Å². The lowest BCUT2D eigenvalue weighted by Crippen LogP contribution is -2.45. The number of rotatable bonds is 49. The number of allylic oxidation sites excluding steroid dienone is 2. The van der Waals surface area contributed by atoms with Crippen LogP contribution in [0.5, 0.6) is 0 Å². The molecule has 0 aromatic heterocycles. The monoisotopic (exact) mass is 834 g/mol. The molecule has 2 unspecified atom stereocenters. The fourth-order valence-corrected chi connectivity index (χ4v) is 8.22. The summed E-state index contributed by atoms with van der Waals surface area (Å²) in [5.74, 6) is -0.0475. The van der Waals surface area contributed by atoms with Gasteiger partial charge in [0.1, 0.15) is 0 Å². The molecular weight excluding hydrogens is 731 g/mol. The highest BCUT2D eigenvalue weighted by atomic mass is 16.5. The van der Waals surface area contributed by atoms with E-state index in [0.29, 0.717) is 25.9 Å². The Bertz CT molecular complexity index is 878. The minimum absolute atomic E-state index is 0.00151. The Kier molecular flexibility index (Phi) is 48.1. The van der Waals surface area contributed by atoms with Gasteiger partial charge in [0.05, 0.1) is 25.4 Å². The first kappa shape index (κ1) is 57.6. The molecule has 0 fully saturated rings. The standard InChI is InChI=1S/C53H103NO5/c1-3-5-7-9-11-13-14-15-16-21-24-27-31-35-39-43-47-53(58)59-48-44-40-36-32-28-25-22-19-17-18-20-23-26-30-34-38-42-46-52(57)54-50(49-55)51(56)45-41-37-33-29-12-10-8-6-4-2/h17,19,50-51,55-56H,3-16,18,20-49H2,1-2H3,(H,54,57)/b19-17-. The Hall–Kier alpha value is -1.40. The highest BCUT2D eigenvalue weighted by Gasteiger charge is 2.20. The summed E-state index contributed by atoms with van der Waals surface area (Å²) in [4.78, 5) is 24.4. The number of hydrogen-bond acceptors (Lipinski definition) is 5. The van der Waals surface area contributed by atoms with E-state index in [-0.39, 0.29) is 18.5 Å². The molecule has 3 N–H and O–H groups in total. The first-order chi connectivity index (χ1) is 29.0. The average Bonchev–Trinajstić information content (AvgIpc) is 3.24. The van der Waals surface area contributed by atoms with Gasteiger partial charge in [-0.05, 0) is 51.4 Å². The van der Waals surface area contributed by atoms with Crippen LogP contribution in [0.3, 0.4) is 0 Å². The van der Waals surface area contributed by atoms with Gasteiger partial charge in [-0.25, -0.2) is 0 Å². The van der Waals surface area contributed by atoms with Crippen molar-refractivity contribution in [1.82, 2.24) is 5.32 Å². The third-order valence-electron chi connectivity index (χ3n) is 12.3. The van der Waals surface area contributed by atoms with Gasteiger partial charge in [0.25, 0.3) is 0 Å². The average molecular weight is 834 g/mol. The molecule has 2 atom stereocenters. The van der Waals surface area contributed by atoms with Crippen LogP contribution in [0.15, 0.2) is 12.2 Å². The molecule has 0 heterocycles. The molecule has 0 spiro atoms. The maximum Gasteiger partial charge on any atom is 0.305 e. The number of hydrogen-bond donors (Lipinski definition) is 3. The molecule has 6 nitrogen and oxygen atoms in total. The molecule has 0 aliphatic carbocycles. The molecular formula is C53H103NO5. The number of carbonyl (C=O) groups excluding carboxylic acids is 2. The predicted octanol–water partition coefficient (Wildman–Crippen LogP) is 15.7. The summed E-state index contributed by atoms with van der Waals surface area (Å²) in [5.41, 5.74) is 0.